The van der Waals surface area contributed by atoms with Crippen molar-refractivity contribution in [1.29, 1.82) is 0 Å². The molecule has 1 aromatic heterocycles. The lowest BCUT2D eigenvalue weighted by Gasteiger charge is -2.17. The van der Waals surface area contributed by atoms with Gasteiger partial charge in [0.05, 0.1) is 14.2 Å². The van der Waals surface area contributed by atoms with Crippen molar-refractivity contribution in [2.45, 2.75) is 26.3 Å². The topological polar surface area (TPSA) is 110 Å². The molecule has 0 radical (unpaired) electrons. The van der Waals surface area contributed by atoms with Crippen LogP contribution in [0.4, 0.5) is 0 Å². The van der Waals surface area contributed by atoms with Crippen LogP contribution in [0.1, 0.15) is 41.2 Å². The zero-order valence-corrected chi connectivity index (χ0v) is 15.7. The summed E-state index contributed by atoms with van der Waals surface area (Å²) in [6.07, 6.45) is 0.391. The second-order valence-electron chi connectivity index (χ2n) is 6.35. The lowest BCUT2D eigenvalue weighted by atomic mass is 10.0. The number of benzene rings is 1. The summed E-state index contributed by atoms with van der Waals surface area (Å²) < 4.78 is 9.48. The average molecular weight is 373 g/mol. The molecule has 2 N–H and O–H groups in total. The van der Waals surface area contributed by atoms with Gasteiger partial charge in [-0.3, -0.25) is 4.79 Å². The quantitative estimate of drug-likeness (QED) is 0.720. The van der Waals surface area contributed by atoms with Crippen LogP contribution < -0.4 is 5.32 Å². The number of methoxy groups -OCH3 is 2. The Hall–Kier alpha value is -3.16. The van der Waals surface area contributed by atoms with E-state index in [1.807, 2.05) is 32.0 Å². The second kappa shape index (κ2) is 8.98. The number of aromatic nitrogens is 2. The fourth-order valence-corrected chi connectivity index (χ4v) is 2.57. The Labute approximate surface area is 157 Å². The van der Waals surface area contributed by atoms with E-state index in [-0.39, 0.29) is 17.3 Å². The molecule has 1 amide bonds. The fraction of sp³-hybridized carbons (Fsp3) is 0.368. The van der Waals surface area contributed by atoms with E-state index < -0.39 is 23.9 Å². The number of hydrogen-bond acceptors (Lipinski definition) is 6. The molecule has 0 unspecified atom stereocenters. The highest BCUT2D eigenvalue weighted by molar-refractivity contribution is 6.04. The average Bonchev–Trinajstić information content (AvgIpc) is 3.12. The maximum absolute atomic E-state index is 12.7. The Morgan fingerprint density at radius 2 is 1.78 bits per heavy atom. The lowest BCUT2D eigenvalue weighted by Crippen LogP contribution is -2.43. The molecule has 1 heterocycles. The molecule has 144 valence electrons. The normalized spacial score (nSPS) is 11.7. The highest BCUT2D eigenvalue weighted by Crippen LogP contribution is 2.19. The van der Waals surface area contributed by atoms with Gasteiger partial charge in [0, 0.05) is 5.56 Å². The molecule has 0 bridgehead atoms. The molecule has 0 fully saturated rings. The molecule has 0 saturated carbocycles. The summed E-state index contributed by atoms with van der Waals surface area (Å²) >= 11 is 0. The van der Waals surface area contributed by atoms with Crippen molar-refractivity contribution in [2.24, 2.45) is 5.92 Å². The van der Waals surface area contributed by atoms with Gasteiger partial charge in [-0.2, -0.15) is 0 Å². The third-order valence-electron chi connectivity index (χ3n) is 3.85. The first-order valence-electron chi connectivity index (χ1n) is 8.49. The second-order valence-corrected chi connectivity index (χ2v) is 6.35. The summed E-state index contributed by atoms with van der Waals surface area (Å²) in [5.41, 5.74) is 0.480. The Kier molecular flexibility index (Phi) is 6.70. The lowest BCUT2D eigenvalue weighted by molar-refractivity contribution is -0.143. The zero-order chi connectivity index (χ0) is 20.0. The summed E-state index contributed by atoms with van der Waals surface area (Å²) in [5, 5.41) is 2.60. The van der Waals surface area contributed by atoms with Crippen molar-refractivity contribution in [3.63, 3.8) is 0 Å². The maximum atomic E-state index is 12.7. The molecular formula is C19H23N3O5. The molecule has 1 atom stereocenters. The Bertz CT molecular complexity index is 814. The summed E-state index contributed by atoms with van der Waals surface area (Å²) in [6.45, 7) is 3.84. The minimum absolute atomic E-state index is 0.0815. The van der Waals surface area contributed by atoms with Crippen LogP contribution in [-0.4, -0.2) is 48.1 Å². The van der Waals surface area contributed by atoms with Gasteiger partial charge in [-0.15, -0.1) is 0 Å². The van der Waals surface area contributed by atoms with Crippen LogP contribution in [0.15, 0.2) is 30.3 Å². The molecule has 8 heteroatoms. The largest absolute Gasteiger partial charge is 0.467 e. The number of esters is 2. The highest BCUT2D eigenvalue weighted by atomic mass is 16.5. The number of imidazole rings is 1. The number of carbonyl (C=O) groups is 3. The van der Waals surface area contributed by atoms with Crippen LogP contribution in [-0.2, 0) is 14.3 Å². The van der Waals surface area contributed by atoms with Gasteiger partial charge in [0.15, 0.2) is 11.4 Å². The molecule has 0 saturated heterocycles. The first-order chi connectivity index (χ1) is 12.9. The third-order valence-corrected chi connectivity index (χ3v) is 3.85. The van der Waals surface area contributed by atoms with Gasteiger partial charge in [-0.05, 0) is 12.3 Å². The SMILES string of the molecule is COC(=O)c1[nH]c(-c2ccccc2)nc1C(=O)N[C@@H](CC(C)C)C(=O)OC. The number of ether oxygens (including phenoxy) is 2. The van der Waals surface area contributed by atoms with Crippen LogP contribution in [0.25, 0.3) is 11.4 Å². The Balaban J connectivity index is 2.37. The van der Waals surface area contributed by atoms with Gasteiger partial charge < -0.3 is 19.8 Å². The van der Waals surface area contributed by atoms with Crippen molar-refractivity contribution < 1.29 is 23.9 Å². The monoisotopic (exact) mass is 373 g/mol. The predicted molar refractivity (Wildman–Crippen MR) is 98.1 cm³/mol. The molecule has 27 heavy (non-hydrogen) atoms. The molecule has 0 aliphatic carbocycles. The summed E-state index contributed by atoms with van der Waals surface area (Å²) in [7, 11) is 2.47. The number of amides is 1. The molecule has 0 aliphatic heterocycles. The molecule has 0 spiro atoms. The van der Waals surface area contributed by atoms with Crippen LogP contribution in [0, 0.1) is 5.92 Å². The molecule has 8 nitrogen and oxygen atoms in total. The number of aromatic amines is 1. The van der Waals surface area contributed by atoms with Gasteiger partial charge in [-0.1, -0.05) is 44.2 Å². The van der Waals surface area contributed by atoms with Gasteiger partial charge in [-0.25, -0.2) is 14.6 Å². The van der Waals surface area contributed by atoms with E-state index in [2.05, 4.69) is 15.3 Å². The van der Waals surface area contributed by atoms with E-state index in [4.69, 9.17) is 9.47 Å². The van der Waals surface area contributed by atoms with Gasteiger partial charge in [0.1, 0.15) is 11.9 Å². The molecular weight excluding hydrogens is 350 g/mol. The first-order valence-corrected chi connectivity index (χ1v) is 8.49. The van der Waals surface area contributed by atoms with Crippen LogP contribution in [0.2, 0.25) is 0 Å². The van der Waals surface area contributed by atoms with Gasteiger partial charge in [0.25, 0.3) is 5.91 Å². The number of H-pyrrole nitrogens is 1. The van der Waals surface area contributed by atoms with E-state index in [0.29, 0.717) is 17.8 Å². The predicted octanol–water partition coefficient (Wildman–Crippen LogP) is 2.18. The summed E-state index contributed by atoms with van der Waals surface area (Å²) in [6, 6.07) is 8.20. The first kappa shape index (κ1) is 20.2. The minimum atomic E-state index is -0.843. The molecule has 1 aromatic carbocycles. The Morgan fingerprint density at radius 3 is 2.33 bits per heavy atom. The van der Waals surface area contributed by atoms with E-state index in [1.165, 1.54) is 14.2 Å². The van der Waals surface area contributed by atoms with Crippen molar-refractivity contribution in [1.82, 2.24) is 15.3 Å². The number of nitrogens with zero attached hydrogens (tertiary/aromatic N) is 1. The van der Waals surface area contributed by atoms with E-state index in [9.17, 15) is 14.4 Å². The van der Waals surface area contributed by atoms with Crippen LogP contribution >= 0.6 is 0 Å². The number of nitrogens with one attached hydrogen (secondary N) is 2. The van der Waals surface area contributed by atoms with E-state index >= 15 is 0 Å². The molecule has 0 aliphatic rings. The number of carbonyl (C=O) groups excluding carboxylic acids is 3. The maximum Gasteiger partial charge on any atom is 0.357 e. The van der Waals surface area contributed by atoms with Crippen molar-refractivity contribution in [3.05, 3.63) is 41.7 Å². The van der Waals surface area contributed by atoms with E-state index in [1.54, 1.807) is 12.1 Å². The minimum Gasteiger partial charge on any atom is -0.467 e. The zero-order valence-electron chi connectivity index (χ0n) is 15.7. The van der Waals surface area contributed by atoms with Crippen molar-refractivity contribution in [2.75, 3.05) is 14.2 Å². The van der Waals surface area contributed by atoms with Crippen molar-refractivity contribution in [3.8, 4) is 11.4 Å². The Morgan fingerprint density at radius 1 is 1.11 bits per heavy atom. The number of hydrogen-bond donors (Lipinski definition) is 2. The van der Waals surface area contributed by atoms with Crippen LogP contribution in [0.5, 0.6) is 0 Å². The molecule has 2 rings (SSSR count). The smallest absolute Gasteiger partial charge is 0.357 e. The summed E-state index contributed by atoms with van der Waals surface area (Å²) in [4.78, 5) is 43.8. The summed E-state index contributed by atoms with van der Waals surface area (Å²) in [5.74, 6) is -1.46. The number of rotatable bonds is 7. The van der Waals surface area contributed by atoms with Gasteiger partial charge >= 0.3 is 11.9 Å². The highest BCUT2D eigenvalue weighted by Gasteiger charge is 2.28. The van der Waals surface area contributed by atoms with Crippen molar-refractivity contribution >= 4 is 17.8 Å². The molecule has 2 aromatic rings. The van der Waals surface area contributed by atoms with E-state index in [0.717, 1.165) is 0 Å². The van der Waals surface area contributed by atoms with Crippen LogP contribution in [0.3, 0.4) is 0 Å². The fourth-order valence-electron chi connectivity index (χ4n) is 2.57. The third kappa shape index (κ3) is 4.93. The van der Waals surface area contributed by atoms with Gasteiger partial charge in [0.2, 0.25) is 0 Å². The standard InChI is InChI=1S/C19H23N3O5/c1-11(2)10-13(18(24)26-3)20-17(23)14-15(19(25)27-4)22-16(21-14)12-8-6-5-7-9-12/h5-9,11,13H,10H2,1-4H3,(H,20,23)(H,21,22)/t13-/m0/s1.